The number of phenols is 4. The Morgan fingerprint density at radius 2 is 1.21 bits per heavy atom. The predicted octanol–water partition coefficient (Wildman–Crippen LogP) is 1.89. The summed E-state index contributed by atoms with van der Waals surface area (Å²) >= 11 is 0. The van der Waals surface area contributed by atoms with Crippen LogP contribution in [0.25, 0.3) is 0 Å². The third-order valence-corrected chi connectivity index (χ3v) is 2.07. The summed E-state index contributed by atoms with van der Waals surface area (Å²) in [5, 5.41) is 43.3. The highest BCUT2D eigenvalue weighted by Crippen LogP contribution is 2.24. The van der Waals surface area contributed by atoms with Gasteiger partial charge in [0.1, 0.15) is 11.5 Å². The average Bonchev–Trinajstić information content (AvgIpc) is 2.37. The monoisotopic (exact) mass is 264 g/mol. The van der Waals surface area contributed by atoms with Gasteiger partial charge in [-0.3, -0.25) is 0 Å². The Kier molecular flexibility index (Phi) is 4.59. The zero-order valence-corrected chi connectivity index (χ0v) is 9.69. The van der Waals surface area contributed by atoms with Crippen LogP contribution in [-0.2, 0) is 0 Å². The molecule has 0 saturated heterocycles. The van der Waals surface area contributed by atoms with Crippen LogP contribution in [0.4, 0.5) is 0 Å². The Morgan fingerprint density at radius 3 is 1.58 bits per heavy atom. The van der Waals surface area contributed by atoms with Gasteiger partial charge in [0.25, 0.3) is 0 Å². The minimum absolute atomic E-state index is 0.0553. The molecule has 2 rings (SSSR count). The molecule has 6 nitrogen and oxygen atoms in total. The quantitative estimate of drug-likeness (QED) is 0.396. The van der Waals surface area contributed by atoms with Gasteiger partial charge >= 0.3 is 5.97 Å². The van der Waals surface area contributed by atoms with E-state index in [4.69, 9.17) is 25.5 Å². The van der Waals surface area contributed by atoms with Gasteiger partial charge in [0.05, 0.1) is 5.56 Å². The van der Waals surface area contributed by atoms with Crippen molar-refractivity contribution in [3.8, 4) is 23.0 Å². The number of carboxylic acids is 1. The molecule has 0 bridgehead atoms. The zero-order chi connectivity index (χ0) is 14.4. The standard InChI is InChI=1S/C7H6O4.C6H6O2/c8-5-2-1-4(7(10)11)3-6(5)9;7-5-1-2-6(8)4-3-5/h1-3,8-9H,(H,10,11);1-4,7-8H. The van der Waals surface area contributed by atoms with E-state index in [9.17, 15) is 4.79 Å². The molecule has 0 spiro atoms. The smallest absolute Gasteiger partial charge is 0.335 e. The molecule has 6 heteroatoms. The largest absolute Gasteiger partial charge is 0.508 e. The summed E-state index contributed by atoms with van der Waals surface area (Å²) in [4.78, 5) is 10.3. The van der Waals surface area contributed by atoms with Crippen molar-refractivity contribution in [3.05, 3.63) is 48.0 Å². The van der Waals surface area contributed by atoms with E-state index in [1.165, 1.54) is 30.3 Å². The molecule has 5 N–H and O–H groups in total. The Bertz CT molecular complexity index is 541. The van der Waals surface area contributed by atoms with Crippen molar-refractivity contribution in [3.63, 3.8) is 0 Å². The first-order valence-corrected chi connectivity index (χ1v) is 5.13. The van der Waals surface area contributed by atoms with Gasteiger partial charge in [-0.15, -0.1) is 0 Å². The highest BCUT2D eigenvalue weighted by Gasteiger charge is 2.05. The zero-order valence-electron chi connectivity index (χ0n) is 9.69. The third kappa shape index (κ3) is 4.47. The van der Waals surface area contributed by atoms with Crippen molar-refractivity contribution in [1.82, 2.24) is 0 Å². The van der Waals surface area contributed by atoms with Crippen LogP contribution in [0, 0.1) is 0 Å². The molecule has 0 radical (unpaired) electrons. The Hall–Kier alpha value is -2.89. The lowest BCUT2D eigenvalue weighted by atomic mass is 10.2. The molecule has 2 aromatic rings. The minimum atomic E-state index is -1.14. The lowest BCUT2D eigenvalue weighted by molar-refractivity contribution is 0.0696. The molecular formula is C13H12O6. The lowest BCUT2D eigenvalue weighted by Gasteiger charge is -1.97. The topological polar surface area (TPSA) is 118 Å². The van der Waals surface area contributed by atoms with Crippen LogP contribution >= 0.6 is 0 Å². The SMILES string of the molecule is O=C(O)c1ccc(O)c(O)c1.Oc1ccc(O)cc1. The molecular weight excluding hydrogens is 252 g/mol. The summed E-state index contributed by atoms with van der Waals surface area (Å²) in [5.41, 5.74) is -0.0553. The second kappa shape index (κ2) is 6.15. The molecule has 19 heavy (non-hydrogen) atoms. The maximum Gasteiger partial charge on any atom is 0.335 e. The van der Waals surface area contributed by atoms with E-state index in [1.54, 1.807) is 0 Å². The summed E-state index contributed by atoms with van der Waals surface area (Å²) in [6, 6.07) is 9.02. The van der Waals surface area contributed by atoms with Crippen molar-refractivity contribution in [2.24, 2.45) is 0 Å². The van der Waals surface area contributed by atoms with E-state index >= 15 is 0 Å². The van der Waals surface area contributed by atoms with E-state index in [2.05, 4.69) is 0 Å². The lowest BCUT2D eigenvalue weighted by Crippen LogP contribution is -1.94. The summed E-state index contributed by atoms with van der Waals surface area (Å²) in [5.74, 6) is -1.55. The maximum absolute atomic E-state index is 10.3. The number of aromatic hydroxyl groups is 4. The number of hydrogen-bond donors (Lipinski definition) is 5. The van der Waals surface area contributed by atoms with Gasteiger partial charge in [-0.25, -0.2) is 4.79 Å². The number of aromatic carboxylic acids is 1. The number of hydrogen-bond acceptors (Lipinski definition) is 5. The van der Waals surface area contributed by atoms with Crippen molar-refractivity contribution in [2.45, 2.75) is 0 Å². The van der Waals surface area contributed by atoms with Crippen LogP contribution < -0.4 is 0 Å². The predicted molar refractivity (Wildman–Crippen MR) is 66.5 cm³/mol. The normalized spacial score (nSPS) is 9.26. The highest BCUT2D eigenvalue weighted by molar-refractivity contribution is 5.88. The molecule has 0 unspecified atom stereocenters. The molecule has 0 aromatic heterocycles. The molecule has 0 aliphatic carbocycles. The molecule has 100 valence electrons. The summed E-state index contributed by atoms with van der Waals surface area (Å²) < 4.78 is 0. The van der Waals surface area contributed by atoms with Gasteiger partial charge in [0.15, 0.2) is 11.5 Å². The minimum Gasteiger partial charge on any atom is -0.508 e. The second-order valence-corrected chi connectivity index (χ2v) is 3.53. The van der Waals surface area contributed by atoms with Crippen molar-refractivity contribution >= 4 is 5.97 Å². The van der Waals surface area contributed by atoms with Gasteiger partial charge in [-0.05, 0) is 42.5 Å². The van der Waals surface area contributed by atoms with Crippen LogP contribution in [-0.4, -0.2) is 31.5 Å². The van der Waals surface area contributed by atoms with Crippen LogP contribution in [0.1, 0.15) is 10.4 Å². The fraction of sp³-hybridized carbons (Fsp3) is 0. The van der Waals surface area contributed by atoms with Gasteiger partial charge in [0, 0.05) is 0 Å². The number of rotatable bonds is 1. The van der Waals surface area contributed by atoms with E-state index < -0.39 is 11.7 Å². The molecule has 0 aliphatic heterocycles. The number of carboxylic acid groups (broad SMARTS) is 1. The fourth-order valence-corrected chi connectivity index (χ4v) is 1.11. The highest BCUT2D eigenvalue weighted by atomic mass is 16.4. The van der Waals surface area contributed by atoms with Crippen molar-refractivity contribution < 1.29 is 30.3 Å². The van der Waals surface area contributed by atoms with Gasteiger partial charge in [0.2, 0.25) is 0 Å². The average molecular weight is 264 g/mol. The van der Waals surface area contributed by atoms with Crippen LogP contribution in [0.5, 0.6) is 23.0 Å². The first-order valence-electron chi connectivity index (χ1n) is 5.13. The van der Waals surface area contributed by atoms with Gasteiger partial charge < -0.3 is 25.5 Å². The van der Waals surface area contributed by atoms with Crippen LogP contribution in [0.15, 0.2) is 42.5 Å². The molecule has 0 amide bonds. The summed E-state index contributed by atoms with van der Waals surface area (Å²) in [7, 11) is 0. The van der Waals surface area contributed by atoms with Crippen molar-refractivity contribution in [2.75, 3.05) is 0 Å². The van der Waals surface area contributed by atoms with E-state index in [-0.39, 0.29) is 22.8 Å². The fourth-order valence-electron chi connectivity index (χ4n) is 1.11. The van der Waals surface area contributed by atoms with Gasteiger partial charge in [-0.2, -0.15) is 0 Å². The Morgan fingerprint density at radius 1 is 0.737 bits per heavy atom. The van der Waals surface area contributed by atoms with Crippen LogP contribution in [0.2, 0.25) is 0 Å². The molecule has 0 atom stereocenters. The first kappa shape index (κ1) is 14.2. The molecule has 0 aliphatic rings. The van der Waals surface area contributed by atoms with E-state index in [1.807, 2.05) is 0 Å². The molecule has 0 heterocycles. The number of benzene rings is 2. The number of carbonyl (C=O) groups is 1. The summed E-state index contributed by atoms with van der Waals surface area (Å²) in [6.45, 7) is 0. The maximum atomic E-state index is 10.3. The molecule has 0 fully saturated rings. The second-order valence-electron chi connectivity index (χ2n) is 3.53. The van der Waals surface area contributed by atoms with Crippen molar-refractivity contribution in [1.29, 1.82) is 0 Å². The van der Waals surface area contributed by atoms with Gasteiger partial charge in [-0.1, -0.05) is 0 Å². The van der Waals surface area contributed by atoms with Crippen LogP contribution in [0.3, 0.4) is 0 Å². The Balaban J connectivity index is 0.000000200. The molecule has 0 saturated carbocycles. The molecule has 2 aromatic carbocycles. The number of phenolic OH excluding ortho intramolecular Hbond substituents is 4. The Labute approximate surface area is 108 Å². The third-order valence-electron chi connectivity index (χ3n) is 2.07. The first-order chi connectivity index (χ1) is 8.90. The van der Waals surface area contributed by atoms with E-state index in [0.717, 1.165) is 12.1 Å². The summed E-state index contributed by atoms with van der Waals surface area (Å²) in [6.07, 6.45) is 0. The van der Waals surface area contributed by atoms with E-state index in [0.29, 0.717) is 0 Å².